The molecule has 1 rings (SSSR count). The van der Waals surface area contributed by atoms with Gasteiger partial charge in [0.2, 0.25) is 0 Å². The topological polar surface area (TPSA) is 41.9 Å². The summed E-state index contributed by atoms with van der Waals surface area (Å²) in [6.45, 7) is 12.7. The lowest BCUT2D eigenvalue weighted by Crippen LogP contribution is -2.44. The van der Waals surface area contributed by atoms with Crippen molar-refractivity contribution >= 4 is 0 Å². The van der Waals surface area contributed by atoms with Gasteiger partial charge in [0.1, 0.15) is 0 Å². The van der Waals surface area contributed by atoms with E-state index in [4.69, 9.17) is 0 Å². The number of nitrogens with zero attached hydrogens (tertiary/aromatic N) is 2. The van der Waals surface area contributed by atoms with Gasteiger partial charge in [-0.3, -0.25) is 4.68 Å². The van der Waals surface area contributed by atoms with Crippen LogP contribution in [0.4, 0.5) is 0 Å². The fraction of sp³-hybridized carbons (Fsp3) is 0.769. The van der Waals surface area contributed by atoms with Crippen LogP contribution in [0.3, 0.4) is 0 Å². The molecule has 1 unspecified atom stereocenters. The van der Waals surface area contributed by atoms with E-state index in [1.807, 2.05) is 11.7 Å². The summed E-state index contributed by atoms with van der Waals surface area (Å²) < 4.78 is 1.87. The predicted octanol–water partition coefficient (Wildman–Crippen LogP) is 1.59. The first-order valence-electron chi connectivity index (χ1n) is 6.25. The van der Waals surface area contributed by atoms with Gasteiger partial charge in [-0.05, 0) is 34.6 Å². The summed E-state index contributed by atoms with van der Waals surface area (Å²) in [4.78, 5) is 0. The zero-order chi connectivity index (χ0) is 13.1. The lowest BCUT2D eigenvalue weighted by molar-refractivity contribution is 0.387. The lowest BCUT2D eigenvalue weighted by Gasteiger charge is -2.24. The van der Waals surface area contributed by atoms with Crippen molar-refractivity contribution in [3.05, 3.63) is 17.5 Å². The Hall–Kier alpha value is -0.870. The fourth-order valence-electron chi connectivity index (χ4n) is 1.64. The molecule has 0 fully saturated rings. The summed E-state index contributed by atoms with van der Waals surface area (Å²) in [7, 11) is 1.96. The smallest absolute Gasteiger partial charge is 0.0638 e. The van der Waals surface area contributed by atoms with Crippen LogP contribution in [0.2, 0.25) is 0 Å². The van der Waals surface area contributed by atoms with Gasteiger partial charge in [-0.1, -0.05) is 0 Å². The van der Waals surface area contributed by atoms with Crippen molar-refractivity contribution in [2.45, 2.75) is 52.7 Å². The Morgan fingerprint density at radius 3 is 2.53 bits per heavy atom. The van der Waals surface area contributed by atoms with Gasteiger partial charge in [-0.15, -0.1) is 0 Å². The van der Waals surface area contributed by atoms with Gasteiger partial charge in [0.25, 0.3) is 0 Å². The second-order valence-electron chi connectivity index (χ2n) is 5.83. The molecule has 0 aliphatic heterocycles. The highest BCUT2D eigenvalue weighted by atomic mass is 15.3. The van der Waals surface area contributed by atoms with Crippen LogP contribution in [0, 0.1) is 6.92 Å². The first-order valence-corrected chi connectivity index (χ1v) is 6.25. The lowest BCUT2D eigenvalue weighted by atomic mass is 10.1. The van der Waals surface area contributed by atoms with Crippen LogP contribution >= 0.6 is 0 Å². The highest BCUT2D eigenvalue weighted by Crippen LogP contribution is 2.04. The molecule has 17 heavy (non-hydrogen) atoms. The highest BCUT2D eigenvalue weighted by molar-refractivity contribution is 5.14. The van der Waals surface area contributed by atoms with Crippen molar-refractivity contribution in [1.29, 1.82) is 0 Å². The minimum atomic E-state index is 0.181. The van der Waals surface area contributed by atoms with E-state index in [9.17, 15) is 0 Å². The van der Waals surface area contributed by atoms with Crippen molar-refractivity contribution in [3.63, 3.8) is 0 Å². The molecular weight excluding hydrogens is 212 g/mol. The quantitative estimate of drug-likeness (QED) is 0.818. The summed E-state index contributed by atoms with van der Waals surface area (Å²) >= 11 is 0. The second kappa shape index (κ2) is 5.65. The van der Waals surface area contributed by atoms with Crippen molar-refractivity contribution in [3.8, 4) is 0 Å². The molecule has 4 nitrogen and oxygen atoms in total. The highest BCUT2D eigenvalue weighted by Gasteiger charge is 2.11. The molecular formula is C13H26N4. The van der Waals surface area contributed by atoms with Gasteiger partial charge >= 0.3 is 0 Å². The number of aromatic nitrogens is 2. The molecule has 0 aromatic carbocycles. The minimum absolute atomic E-state index is 0.181. The maximum absolute atomic E-state index is 4.34. The Balaban J connectivity index is 2.33. The van der Waals surface area contributed by atoms with Crippen LogP contribution in [0.1, 0.15) is 39.0 Å². The molecule has 0 saturated carbocycles. The van der Waals surface area contributed by atoms with Crippen LogP contribution in [0.15, 0.2) is 6.20 Å². The molecule has 0 aliphatic carbocycles. The van der Waals surface area contributed by atoms with E-state index in [0.29, 0.717) is 6.04 Å². The van der Waals surface area contributed by atoms with Crippen LogP contribution in [-0.2, 0) is 13.6 Å². The van der Waals surface area contributed by atoms with Crippen molar-refractivity contribution in [1.82, 2.24) is 20.4 Å². The first kappa shape index (κ1) is 14.2. The summed E-state index contributed by atoms with van der Waals surface area (Å²) in [5.41, 5.74) is 2.56. The van der Waals surface area contributed by atoms with Gasteiger partial charge in [0, 0.05) is 43.5 Å². The third-order valence-electron chi connectivity index (χ3n) is 2.69. The molecule has 4 heteroatoms. The molecule has 98 valence electrons. The third-order valence-corrected chi connectivity index (χ3v) is 2.69. The third kappa shape index (κ3) is 5.33. The molecule has 1 heterocycles. The second-order valence-corrected chi connectivity index (χ2v) is 5.83. The van der Waals surface area contributed by atoms with E-state index in [1.54, 1.807) is 0 Å². The molecule has 1 atom stereocenters. The zero-order valence-electron chi connectivity index (χ0n) is 12.0. The standard InChI is InChI=1S/C13H26N4/c1-10(7-15-13(3,4)5)14-8-12-9-17(6)16-11(12)2/h9-10,14-15H,7-8H2,1-6H3. The predicted molar refractivity (Wildman–Crippen MR) is 72.0 cm³/mol. The average molecular weight is 238 g/mol. The van der Waals surface area contributed by atoms with Crippen LogP contribution in [-0.4, -0.2) is 27.9 Å². The molecule has 0 spiro atoms. The zero-order valence-corrected chi connectivity index (χ0v) is 12.0. The normalized spacial score (nSPS) is 14.0. The average Bonchev–Trinajstić information content (AvgIpc) is 2.50. The number of nitrogens with one attached hydrogen (secondary N) is 2. The number of hydrogen-bond acceptors (Lipinski definition) is 3. The van der Waals surface area contributed by atoms with Crippen molar-refractivity contribution < 1.29 is 0 Å². The first-order chi connectivity index (χ1) is 7.78. The van der Waals surface area contributed by atoms with E-state index in [1.165, 1.54) is 5.56 Å². The SMILES string of the molecule is Cc1nn(C)cc1CNC(C)CNC(C)(C)C. The molecule has 1 aromatic rings. The van der Waals surface area contributed by atoms with Crippen LogP contribution in [0.25, 0.3) is 0 Å². The molecule has 0 amide bonds. The Bertz CT molecular complexity index is 349. The summed E-state index contributed by atoms with van der Waals surface area (Å²) in [6.07, 6.45) is 2.08. The van der Waals surface area contributed by atoms with E-state index in [2.05, 4.69) is 56.5 Å². The molecule has 0 bridgehead atoms. The van der Waals surface area contributed by atoms with Crippen molar-refractivity contribution in [2.75, 3.05) is 6.54 Å². The van der Waals surface area contributed by atoms with Gasteiger partial charge in [0.15, 0.2) is 0 Å². The molecule has 0 saturated heterocycles. The summed E-state index contributed by atoms with van der Waals surface area (Å²) in [6, 6.07) is 0.453. The van der Waals surface area contributed by atoms with Crippen LogP contribution < -0.4 is 10.6 Å². The largest absolute Gasteiger partial charge is 0.311 e. The van der Waals surface area contributed by atoms with Gasteiger partial charge in [-0.25, -0.2) is 0 Å². The monoisotopic (exact) mass is 238 g/mol. The Labute approximate surface area is 105 Å². The summed E-state index contributed by atoms with van der Waals surface area (Å²) in [5.74, 6) is 0. The van der Waals surface area contributed by atoms with E-state index in [0.717, 1.165) is 18.8 Å². The van der Waals surface area contributed by atoms with E-state index in [-0.39, 0.29) is 5.54 Å². The molecule has 0 aliphatic rings. The number of aryl methyl sites for hydroxylation is 2. The van der Waals surface area contributed by atoms with E-state index < -0.39 is 0 Å². The van der Waals surface area contributed by atoms with Gasteiger partial charge in [0.05, 0.1) is 5.69 Å². The molecule has 2 N–H and O–H groups in total. The Morgan fingerprint density at radius 2 is 2.06 bits per heavy atom. The number of rotatable bonds is 5. The molecule has 1 aromatic heterocycles. The minimum Gasteiger partial charge on any atom is -0.311 e. The van der Waals surface area contributed by atoms with Crippen molar-refractivity contribution in [2.24, 2.45) is 7.05 Å². The Kier molecular flexibility index (Phi) is 4.71. The maximum atomic E-state index is 4.34. The summed E-state index contributed by atoms with van der Waals surface area (Å²) in [5, 5.41) is 11.3. The van der Waals surface area contributed by atoms with Crippen LogP contribution in [0.5, 0.6) is 0 Å². The van der Waals surface area contributed by atoms with Gasteiger partial charge in [-0.2, -0.15) is 5.10 Å². The Morgan fingerprint density at radius 1 is 1.41 bits per heavy atom. The van der Waals surface area contributed by atoms with E-state index >= 15 is 0 Å². The van der Waals surface area contributed by atoms with Gasteiger partial charge < -0.3 is 10.6 Å². The molecule has 0 radical (unpaired) electrons. The number of hydrogen-bond donors (Lipinski definition) is 2. The fourth-order valence-corrected chi connectivity index (χ4v) is 1.64. The maximum Gasteiger partial charge on any atom is 0.0638 e.